The molecule has 7 aromatic rings. The van der Waals surface area contributed by atoms with Crippen molar-refractivity contribution in [3.05, 3.63) is 137 Å². The van der Waals surface area contributed by atoms with E-state index in [1.54, 1.807) is 63.2 Å². The number of aromatic nitrogens is 3. The molecule has 0 spiro atoms. The van der Waals surface area contributed by atoms with Crippen LogP contribution in [0.3, 0.4) is 0 Å². The van der Waals surface area contributed by atoms with E-state index in [2.05, 4.69) is 27.1 Å². The van der Waals surface area contributed by atoms with Gasteiger partial charge in [-0.2, -0.15) is 0 Å². The zero-order valence-electron chi connectivity index (χ0n) is 45.7. The van der Waals surface area contributed by atoms with Crippen LogP contribution >= 0.6 is 0 Å². The molecule has 4 aromatic heterocycles. The molecule has 0 saturated heterocycles. The molecular formula is C47H49IrN3O-2. The Kier molecular flexibility index (Phi) is 6.80. The van der Waals surface area contributed by atoms with E-state index in [9.17, 15) is 0 Å². The van der Waals surface area contributed by atoms with E-state index in [4.69, 9.17) is 26.3 Å². The van der Waals surface area contributed by atoms with Crippen LogP contribution < -0.4 is 0 Å². The van der Waals surface area contributed by atoms with E-state index in [1.165, 1.54) is 48.8 Å². The molecule has 269 valence electrons. The molecule has 3 aromatic carbocycles. The van der Waals surface area contributed by atoms with Crippen molar-refractivity contribution < 1.29 is 46.5 Å². The standard InChI is InChI=1S/C30H29N2O.C17H20N.Ir/c1-18-14-21(16-30(4,5)6)11-13-22(18)26-15-27(31-17-19(26)2)25-9-7-8-23-24-12-10-20(3)32-29(24)33-28(23)25;1-13-5-8-15(9-6-13)16-10-7-14(12-18-16)11-17(2,3)4;/h7-8,10-15,17H,16H2,1-6H3;5-8,10,12H,11H2,1-4H3;/q2*-1;/i1D3,2D3,3D3,16D2;1D3,11D2;. The average Bonchev–Trinajstić information content (AvgIpc) is 3.60. The number of hydrogen-bond acceptors (Lipinski definition) is 4. The van der Waals surface area contributed by atoms with Crippen molar-refractivity contribution >= 4 is 22.1 Å². The molecular weight excluding hydrogens is 815 g/mol. The second-order valence-corrected chi connectivity index (χ2v) is 14.3. The molecule has 4 heterocycles. The monoisotopic (exact) mass is 880 g/mol. The van der Waals surface area contributed by atoms with Gasteiger partial charge in [-0.15, -0.1) is 53.6 Å². The zero-order chi connectivity index (χ0) is 50.1. The normalized spacial score (nSPS) is 17.7. The summed E-state index contributed by atoms with van der Waals surface area (Å²) in [5, 5.41) is 1.18. The van der Waals surface area contributed by atoms with Crippen molar-refractivity contribution in [1.29, 1.82) is 0 Å². The molecule has 7 rings (SSSR count). The predicted octanol–water partition coefficient (Wildman–Crippen LogP) is 12.5. The summed E-state index contributed by atoms with van der Waals surface area (Å²) < 4.78 is 134. The molecule has 0 N–H and O–H groups in total. The summed E-state index contributed by atoms with van der Waals surface area (Å²) >= 11 is 0. The zero-order valence-corrected chi connectivity index (χ0v) is 32.1. The Balaban J connectivity index is 0.000000304. The van der Waals surface area contributed by atoms with Gasteiger partial charge < -0.3 is 14.4 Å². The molecule has 0 bridgehead atoms. The largest absolute Gasteiger partial charge is 0.486 e. The number of nitrogens with zero attached hydrogens (tertiary/aromatic N) is 3. The van der Waals surface area contributed by atoms with Gasteiger partial charge in [-0.1, -0.05) is 95.7 Å². The van der Waals surface area contributed by atoms with Gasteiger partial charge in [0.25, 0.3) is 0 Å². The molecule has 1 radical (unpaired) electrons. The van der Waals surface area contributed by atoms with Crippen LogP contribution in [0.2, 0.25) is 0 Å². The van der Waals surface area contributed by atoms with E-state index in [0.717, 1.165) is 0 Å². The Morgan fingerprint density at radius 3 is 2.13 bits per heavy atom. The summed E-state index contributed by atoms with van der Waals surface area (Å²) in [5.41, 5.74) is 1.50. The van der Waals surface area contributed by atoms with Crippen LogP contribution in [0.1, 0.15) is 97.0 Å². The summed E-state index contributed by atoms with van der Waals surface area (Å²) in [5.74, 6) is 0. The number of hydrogen-bond donors (Lipinski definition) is 0. The summed E-state index contributed by atoms with van der Waals surface area (Å²) in [4.78, 5) is 12.9. The van der Waals surface area contributed by atoms with Crippen molar-refractivity contribution in [1.82, 2.24) is 15.0 Å². The summed E-state index contributed by atoms with van der Waals surface area (Å²) in [6, 6.07) is 26.2. The van der Waals surface area contributed by atoms with Gasteiger partial charge in [-0.25, -0.2) is 4.98 Å². The van der Waals surface area contributed by atoms with Crippen molar-refractivity contribution in [3.63, 3.8) is 0 Å². The number of pyridine rings is 3. The Labute approximate surface area is 346 Å². The van der Waals surface area contributed by atoms with Crippen molar-refractivity contribution in [2.75, 3.05) is 0 Å². The smallest absolute Gasteiger partial charge is 0.216 e. The second kappa shape index (κ2) is 15.7. The second-order valence-electron chi connectivity index (χ2n) is 14.3. The third-order valence-corrected chi connectivity index (χ3v) is 7.66. The van der Waals surface area contributed by atoms with Crippen LogP contribution in [0.15, 0.2) is 95.7 Å². The van der Waals surface area contributed by atoms with E-state index >= 15 is 0 Å². The Morgan fingerprint density at radius 1 is 0.692 bits per heavy atom. The SMILES string of the molecule is [2H]C([2H])([2H])c1c[c-]c(-c2ccc(C([2H])([2H])C(C)(C)C)cn2)cc1.[2H]C([2H])([2H])c1ccc2c(n1)oc1c(-c3cc(-c4ccc(C([2H])([2H])C(C)(C)C)cc4C([2H])([2H])[2H])c(C([2H])([2H])[2H])cn3)[c-]ccc12.[Ir]. The molecule has 5 heteroatoms. The van der Waals surface area contributed by atoms with E-state index in [-0.39, 0.29) is 70.6 Å². The first-order valence-corrected chi connectivity index (χ1v) is 16.4. The molecule has 0 unspecified atom stereocenters. The molecule has 0 atom stereocenters. The predicted molar refractivity (Wildman–Crippen MR) is 213 cm³/mol. The molecule has 4 nitrogen and oxygen atoms in total. The molecule has 0 aliphatic heterocycles. The Bertz CT molecular complexity index is 2920. The van der Waals surface area contributed by atoms with Crippen LogP contribution in [0, 0.1) is 50.4 Å². The molecule has 0 fully saturated rings. The average molecular weight is 880 g/mol. The number of aryl methyl sites for hydroxylation is 4. The van der Waals surface area contributed by atoms with Crippen molar-refractivity contribution in [3.8, 4) is 33.6 Å². The molecule has 0 amide bonds. The third-order valence-electron chi connectivity index (χ3n) is 7.66. The fourth-order valence-electron chi connectivity index (χ4n) is 5.56. The first kappa shape index (κ1) is 22.6. The maximum atomic E-state index is 8.69. The van der Waals surface area contributed by atoms with Crippen LogP contribution in [0.5, 0.6) is 0 Å². The Morgan fingerprint density at radius 2 is 1.46 bits per heavy atom. The van der Waals surface area contributed by atoms with Gasteiger partial charge in [0.1, 0.15) is 0 Å². The molecule has 52 heavy (non-hydrogen) atoms. The van der Waals surface area contributed by atoms with E-state index in [1.807, 2.05) is 20.8 Å². The summed E-state index contributed by atoms with van der Waals surface area (Å²) in [6.45, 7) is 0.751. The van der Waals surface area contributed by atoms with E-state index in [0.29, 0.717) is 38.7 Å². The number of fused-ring (bicyclic) bond motifs is 3. The van der Waals surface area contributed by atoms with Gasteiger partial charge in [0.15, 0.2) is 0 Å². The number of benzene rings is 3. The topological polar surface area (TPSA) is 51.8 Å². The van der Waals surface area contributed by atoms with Gasteiger partial charge >= 0.3 is 0 Å². The van der Waals surface area contributed by atoms with Crippen LogP contribution in [0.25, 0.3) is 55.7 Å². The number of furan rings is 1. The third kappa shape index (κ3) is 9.31. The van der Waals surface area contributed by atoms with Gasteiger partial charge in [0.05, 0.1) is 5.58 Å². The molecule has 0 saturated carbocycles. The van der Waals surface area contributed by atoms with E-state index < -0.39 is 51.0 Å². The van der Waals surface area contributed by atoms with Gasteiger partial charge in [-0.05, 0) is 101 Å². The summed E-state index contributed by atoms with van der Waals surface area (Å²) in [6.07, 6.45) is -0.676. The van der Waals surface area contributed by atoms with Crippen LogP contribution in [-0.2, 0) is 32.9 Å². The fourth-order valence-corrected chi connectivity index (χ4v) is 5.56. The van der Waals surface area contributed by atoms with Gasteiger partial charge in [-0.3, -0.25) is 0 Å². The van der Waals surface area contributed by atoms with Crippen LogP contribution in [-0.4, -0.2) is 15.0 Å². The molecule has 0 aliphatic rings. The Hall–Kier alpha value is -4.44. The minimum Gasteiger partial charge on any atom is -0.486 e. The quantitative estimate of drug-likeness (QED) is 0.162. The fraction of sp³-hybridized carbons (Fsp3) is 0.298. The van der Waals surface area contributed by atoms with Crippen molar-refractivity contribution in [2.24, 2.45) is 10.8 Å². The minimum atomic E-state index is -2.70. The minimum absolute atomic E-state index is 0. The van der Waals surface area contributed by atoms with Gasteiger partial charge in [0.2, 0.25) is 5.71 Å². The van der Waals surface area contributed by atoms with Gasteiger partial charge in [0, 0.05) is 65.5 Å². The number of rotatable bonds is 5. The summed E-state index contributed by atoms with van der Waals surface area (Å²) in [7, 11) is 0. The maximum absolute atomic E-state index is 8.69. The molecule has 0 aliphatic carbocycles. The maximum Gasteiger partial charge on any atom is 0.216 e. The first-order valence-electron chi connectivity index (χ1n) is 24.4. The van der Waals surface area contributed by atoms with Crippen molar-refractivity contribution in [2.45, 2.75) is 81.7 Å². The van der Waals surface area contributed by atoms with Crippen LogP contribution in [0.4, 0.5) is 0 Å². The first-order chi connectivity index (χ1) is 30.5.